The maximum Gasteiger partial charge on any atom is 0.433 e. The van der Waals surface area contributed by atoms with Crippen molar-refractivity contribution in [1.82, 2.24) is 20.3 Å². The Bertz CT molecular complexity index is 1120. The maximum absolute atomic E-state index is 13.5. The summed E-state index contributed by atoms with van der Waals surface area (Å²) in [5.74, 6) is 0.649. The lowest BCUT2D eigenvalue weighted by molar-refractivity contribution is -0.141. The van der Waals surface area contributed by atoms with E-state index in [1.807, 2.05) is 11.8 Å². The average Bonchev–Trinajstić information content (AvgIpc) is 3.31. The van der Waals surface area contributed by atoms with Crippen molar-refractivity contribution in [3.8, 4) is 0 Å². The van der Waals surface area contributed by atoms with Gasteiger partial charge in [0.25, 0.3) is 5.91 Å². The molecule has 180 valence electrons. The number of pyridine rings is 1. The number of furan rings is 1. The van der Waals surface area contributed by atoms with Crippen LogP contribution in [0.4, 0.5) is 19.0 Å². The molecule has 1 N–H and O–H groups in total. The van der Waals surface area contributed by atoms with Gasteiger partial charge in [0, 0.05) is 37.6 Å². The molecule has 0 saturated carbocycles. The van der Waals surface area contributed by atoms with Crippen molar-refractivity contribution in [2.45, 2.75) is 55.9 Å². The molecular weight excluding hydrogens is 467 g/mol. The number of alkyl halides is 3. The van der Waals surface area contributed by atoms with Crippen LogP contribution in [-0.4, -0.2) is 33.4 Å². The van der Waals surface area contributed by atoms with Crippen LogP contribution < -0.4 is 10.2 Å². The van der Waals surface area contributed by atoms with E-state index in [1.165, 1.54) is 6.07 Å². The number of halogens is 3. The Labute approximate surface area is 199 Å². The van der Waals surface area contributed by atoms with E-state index in [1.54, 1.807) is 30.6 Å². The summed E-state index contributed by atoms with van der Waals surface area (Å²) in [6.45, 7) is 2.98. The zero-order valence-corrected chi connectivity index (χ0v) is 19.3. The molecule has 3 aromatic rings. The Kier molecular flexibility index (Phi) is 7.40. The fourth-order valence-corrected chi connectivity index (χ4v) is 4.44. The van der Waals surface area contributed by atoms with Gasteiger partial charge in [-0.15, -0.1) is 0 Å². The Morgan fingerprint density at radius 2 is 2.00 bits per heavy atom. The number of hydrogen-bond donors (Lipinski definition) is 1. The van der Waals surface area contributed by atoms with E-state index >= 15 is 0 Å². The first-order valence-corrected chi connectivity index (χ1v) is 11.9. The van der Waals surface area contributed by atoms with Crippen molar-refractivity contribution in [3.05, 3.63) is 65.5 Å². The molecular formula is C23H24F3N5O2S. The molecule has 0 spiro atoms. The van der Waals surface area contributed by atoms with Crippen LogP contribution in [0.3, 0.4) is 0 Å². The average molecular weight is 492 g/mol. The SMILES string of the molecule is CC1CCCCN1c1cc(C(F)(F)F)nc(SCc2ccc(C(=O)NCc3ccncc3)o2)n1. The molecule has 7 nitrogen and oxygen atoms in total. The third-order valence-electron chi connectivity index (χ3n) is 5.51. The number of carbonyl (C=O) groups excluding carboxylic acids is 1. The van der Waals surface area contributed by atoms with Crippen molar-refractivity contribution < 1.29 is 22.4 Å². The number of carbonyl (C=O) groups is 1. The van der Waals surface area contributed by atoms with Gasteiger partial charge in [-0.25, -0.2) is 9.97 Å². The highest BCUT2D eigenvalue weighted by molar-refractivity contribution is 7.98. The third kappa shape index (κ3) is 6.07. The van der Waals surface area contributed by atoms with Crippen LogP contribution in [0, 0.1) is 0 Å². The van der Waals surface area contributed by atoms with Crippen molar-refractivity contribution in [3.63, 3.8) is 0 Å². The van der Waals surface area contributed by atoms with Crippen LogP contribution >= 0.6 is 11.8 Å². The smallest absolute Gasteiger partial charge is 0.433 e. The highest BCUT2D eigenvalue weighted by Crippen LogP contribution is 2.34. The minimum Gasteiger partial charge on any atom is -0.455 e. The molecule has 1 aliphatic heterocycles. The molecule has 1 aliphatic rings. The highest BCUT2D eigenvalue weighted by atomic mass is 32.2. The second-order valence-electron chi connectivity index (χ2n) is 8.02. The zero-order chi connectivity index (χ0) is 24.1. The number of amides is 1. The number of rotatable bonds is 7. The highest BCUT2D eigenvalue weighted by Gasteiger charge is 2.35. The van der Waals surface area contributed by atoms with Gasteiger partial charge >= 0.3 is 6.18 Å². The standard InChI is InChI=1S/C23H24F3N5O2S/c1-15-4-2-3-11-31(15)20-12-19(23(24,25)26)29-22(30-20)34-14-17-5-6-18(33-17)21(32)28-13-16-7-9-27-10-8-16/h5-10,12,15H,2-4,11,13-14H2,1H3,(H,28,32). The maximum atomic E-state index is 13.5. The van der Waals surface area contributed by atoms with Crippen LogP contribution in [-0.2, 0) is 18.5 Å². The molecule has 1 fully saturated rings. The Balaban J connectivity index is 1.43. The number of hydrogen-bond acceptors (Lipinski definition) is 7. The van der Waals surface area contributed by atoms with Gasteiger partial charge < -0.3 is 14.6 Å². The molecule has 0 aromatic carbocycles. The number of anilines is 1. The monoisotopic (exact) mass is 491 g/mol. The number of piperidine rings is 1. The van der Waals surface area contributed by atoms with Crippen molar-refractivity contribution in [2.75, 3.05) is 11.4 Å². The number of aromatic nitrogens is 3. The molecule has 4 heterocycles. The number of nitrogens with zero attached hydrogens (tertiary/aromatic N) is 4. The fraction of sp³-hybridized carbons (Fsp3) is 0.391. The molecule has 4 rings (SSSR count). The van der Waals surface area contributed by atoms with Gasteiger partial charge in [0.1, 0.15) is 11.6 Å². The van der Waals surface area contributed by atoms with Crippen molar-refractivity contribution >= 4 is 23.5 Å². The largest absolute Gasteiger partial charge is 0.455 e. The molecule has 11 heteroatoms. The lowest BCUT2D eigenvalue weighted by Crippen LogP contribution is -2.38. The van der Waals surface area contributed by atoms with Crippen LogP contribution in [0.5, 0.6) is 0 Å². The molecule has 0 radical (unpaired) electrons. The quantitative estimate of drug-likeness (QED) is 0.364. The molecule has 0 aliphatic carbocycles. The minimum atomic E-state index is -4.57. The van der Waals surface area contributed by atoms with Crippen LogP contribution in [0.1, 0.15) is 53.8 Å². The molecule has 1 saturated heterocycles. The number of thioether (sulfide) groups is 1. The van der Waals surface area contributed by atoms with E-state index in [0.29, 0.717) is 18.8 Å². The van der Waals surface area contributed by atoms with Gasteiger partial charge in [0.05, 0.1) is 5.75 Å². The van der Waals surface area contributed by atoms with E-state index < -0.39 is 11.9 Å². The van der Waals surface area contributed by atoms with E-state index in [2.05, 4.69) is 20.3 Å². The summed E-state index contributed by atoms with van der Waals surface area (Å²) < 4.78 is 46.0. The van der Waals surface area contributed by atoms with E-state index in [0.717, 1.165) is 42.7 Å². The second kappa shape index (κ2) is 10.5. The summed E-state index contributed by atoms with van der Waals surface area (Å²) in [6.07, 6.45) is 1.57. The van der Waals surface area contributed by atoms with E-state index in [9.17, 15) is 18.0 Å². The van der Waals surface area contributed by atoms with Gasteiger partial charge in [-0.1, -0.05) is 11.8 Å². The van der Waals surface area contributed by atoms with Gasteiger partial charge in [0.2, 0.25) is 0 Å². The Hall–Kier alpha value is -3.08. The predicted molar refractivity (Wildman–Crippen MR) is 121 cm³/mol. The predicted octanol–water partition coefficient (Wildman–Crippen LogP) is 5.08. The molecule has 1 amide bonds. The summed E-state index contributed by atoms with van der Waals surface area (Å²) in [6, 6.07) is 7.86. The first kappa shape index (κ1) is 24.1. The third-order valence-corrected chi connectivity index (χ3v) is 6.38. The molecule has 34 heavy (non-hydrogen) atoms. The molecule has 0 bridgehead atoms. The van der Waals surface area contributed by atoms with Crippen LogP contribution in [0.25, 0.3) is 0 Å². The molecule has 1 unspecified atom stereocenters. The van der Waals surface area contributed by atoms with Crippen molar-refractivity contribution in [1.29, 1.82) is 0 Å². The van der Waals surface area contributed by atoms with E-state index in [4.69, 9.17) is 4.42 Å². The summed E-state index contributed by atoms with van der Waals surface area (Å²) in [5, 5.41) is 2.77. The first-order chi connectivity index (χ1) is 16.3. The normalized spacial score (nSPS) is 16.5. The summed E-state index contributed by atoms with van der Waals surface area (Å²) >= 11 is 1.04. The topological polar surface area (TPSA) is 84.2 Å². The lowest BCUT2D eigenvalue weighted by Gasteiger charge is -2.34. The first-order valence-electron chi connectivity index (χ1n) is 10.9. The summed E-state index contributed by atoms with van der Waals surface area (Å²) in [4.78, 5) is 26.3. The van der Waals surface area contributed by atoms with Gasteiger partial charge in [-0.2, -0.15) is 13.2 Å². The molecule has 1 atom stereocenters. The summed E-state index contributed by atoms with van der Waals surface area (Å²) in [7, 11) is 0. The van der Waals surface area contributed by atoms with Gasteiger partial charge in [0.15, 0.2) is 16.6 Å². The Morgan fingerprint density at radius 1 is 1.21 bits per heavy atom. The minimum absolute atomic E-state index is 0.0164. The Morgan fingerprint density at radius 3 is 2.74 bits per heavy atom. The van der Waals surface area contributed by atoms with E-state index in [-0.39, 0.29) is 34.4 Å². The zero-order valence-electron chi connectivity index (χ0n) is 18.5. The lowest BCUT2D eigenvalue weighted by atomic mass is 10.0. The summed E-state index contributed by atoms with van der Waals surface area (Å²) in [5.41, 5.74) is -0.0698. The van der Waals surface area contributed by atoms with Crippen molar-refractivity contribution in [2.24, 2.45) is 0 Å². The molecule has 3 aromatic heterocycles. The second-order valence-corrected chi connectivity index (χ2v) is 8.97. The van der Waals surface area contributed by atoms with Crippen LogP contribution in [0.15, 0.2) is 52.3 Å². The van der Waals surface area contributed by atoms with Gasteiger partial charge in [-0.3, -0.25) is 9.78 Å². The van der Waals surface area contributed by atoms with Crippen LogP contribution in [0.2, 0.25) is 0 Å². The number of nitrogens with one attached hydrogen (secondary N) is 1. The van der Waals surface area contributed by atoms with Gasteiger partial charge in [-0.05, 0) is 56.0 Å². The fourth-order valence-electron chi connectivity index (χ4n) is 3.69.